The van der Waals surface area contributed by atoms with Gasteiger partial charge in [0.25, 0.3) is 0 Å². The zero-order valence-corrected chi connectivity index (χ0v) is 10.8. The van der Waals surface area contributed by atoms with Crippen molar-refractivity contribution in [3.05, 3.63) is 24.2 Å². The number of hydrogen-bond acceptors (Lipinski definition) is 4. The molecule has 0 unspecified atom stereocenters. The van der Waals surface area contributed by atoms with E-state index >= 15 is 0 Å². The Morgan fingerprint density at radius 1 is 1.56 bits per heavy atom. The van der Waals surface area contributed by atoms with E-state index in [4.69, 9.17) is 4.74 Å². The summed E-state index contributed by atoms with van der Waals surface area (Å²) in [5, 5.41) is 3.45. The Balaban J connectivity index is 1.98. The van der Waals surface area contributed by atoms with E-state index in [1.54, 1.807) is 0 Å². The van der Waals surface area contributed by atoms with Crippen molar-refractivity contribution in [2.75, 3.05) is 13.2 Å². The molecular formula is C13H18N4O. The maximum absolute atomic E-state index is 5.62. The van der Waals surface area contributed by atoms with E-state index in [9.17, 15) is 0 Å². The van der Waals surface area contributed by atoms with Crippen LogP contribution in [0.4, 0.5) is 0 Å². The zero-order chi connectivity index (χ0) is 12.5. The van der Waals surface area contributed by atoms with Crippen molar-refractivity contribution in [1.82, 2.24) is 19.9 Å². The first kappa shape index (κ1) is 11.6. The van der Waals surface area contributed by atoms with Gasteiger partial charge in [0.15, 0.2) is 5.65 Å². The molecule has 2 aromatic heterocycles. The van der Waals surface area contributed by atoms with Gasteiger partial charge in [-0.1, -0.05) is 13.8 Å². The van der Waals surface area contributed by atoms with Crippen LogP contribution in [0.25, 0.3) is 11.2 Å². The average Bonchev–Trinajstić information content (AvgIpc) is 2.75. The molecule has 0 amide bonds. The fraction of sp³-hybridized carbons (Fsp3) is 0.538. The number of imidazole rings is 1. The summed E-state index contributed by atoms with van der Waals surface area (Å²) < 4.78 is 7.84. The van der Waals surface area contributed by atoms with E-state index < -0.39 is 0 Å². The average molecular weight is 246 g/mol. The van der Waals surface area contributed by atoms with E-state index in [1.807, 2.05) is 18.3 Å². The molecule has 0 aliphatic carbocycles. The smallest absolute Gasteiger partial charge is 0.160 e. The fourth-order valence-electron chi connectivity index (χ4n) is 2.34. The van der Waals surface area contributed by atoms with Crippen molar-refractivity contribution in [3.63, 3.8) is 0 Å². The molecule has 0 radical (unpaired) electrons. The Morgan fingerprint density at radius 3 is 3.28 bits per heavy atom. The summed E-state index contributed by atoms with van der Waals surface area (Å²) in [6.07, 6.45) is 1.82. The summed E-state index contributed by atoms with van der Waals surface area (Å²) in [4.78, 5) is 9.03. The highest BCUT2D eigenvalue weighted by Crippen LogP contribution is 2.23. The molecule has 3 heterocycles. The van der Waals surface area contributed by atoms with Crippen LogP contribution in [0.3, 0.4) is 0 Å². The quantitative estimate of drug-likeness (QED) is 0.891. The van der Waals surface area contributed by atoms with Crippen LogP contribution in [0.2, 0.25) is 0 Å². The Bertz CT molecular complexity index is 549. The summed E-state index contributed by atoms with van der Waals surface area (Å²) in [7, 11) is 0. The van der Waals surface area contributed by atoms with E-state index in [0.717, 1.165) is 30.1 Å². The van der Waals surface area contributed by atoms with Crippen LogP contribution in [0.1, 0.15) is 25.7 Å². The van der Waals surface area contributed by atoms with Crippen molar-refractivity contribution in [2.24, 2.45) is 0 Å². The first-order valence-corrected chi connectivity index (χ1v) is 6.38. The van der Waals surface area contributed by atoms with E-state index in [0.29, 0.717) is 12.6 Å². The normalized spacial score (nSPS) is 19.4. The topological polar surface area (TPSA) is 52.0 Å². The van der Waals surface area contributed by atoms with Gasteiger partial charge < -0.3 is 14.6 Å². The molecule has 5 heteroatoms. The van der Waals surface area contributed by atoms with Crippen molar-refractivity contribution >= 4 is 11.2 Å². The van der Waals surface area contributed by atoms with Crippen LogP contribution in [0.5, 0.6) is 0 Å². The van der Waals surface area contributed by atoms with Crippen LogP contribution in [-0.4, -0.2) is 33.7 Å². The van der Waals surface area contributed by atoms with Gasteiger partial charge in [-0.3, -0.25) is 0 Å². The van der Waals surface area contributed by atoms with Gasteiger partial charge in [-0.05, 0) is 12.1 Å². The molecule has 3 rings (SSSR count). The first-order chi connectivity index (χ1) is 8.75. The Labute approximate surface area is 106 Å². The van der Waals surface area contributed by atoms with Crippen molar-refractivity contribution < 1.29 is 4.74 Å². The second-order valence-corrected chi connectivity index (χ2v) is 4.98. The maximum Gasteiger partial charge on any atom is 0.160 e. The molecule has 0 spiro atoms. The number of rotatable bonds is 3. The van der Waals surface area contributed by atoms with Crippen LogP contribution >= 0.6 is 0 Å². The van der Waals surface area contributed by atoms with E-state index in [2.05, 4.69) is 33.7 Å². The third kappa shape index (κ3) is 2.00. The standard InChI is InChI=1S/C13H18N4O/c1-9(2)15-6-10-7-18-8-12-16-11-4-3-5-14-13(11)17(10)12/h3-5,9-10,15H,6-8H2,1-2H3/t10-/m0/s1. The second kappa shape index (κ2) is 4.66. The predicted molar refractivity (Wildman–Crippen MR) is 69.4 cm³/mol. The summed E-state index contributed by atoms with van der Waals surface area (Å²) in [5.41, 5.74) is 1.92. The van der Waals surface area contributed by atoms with Crippen LogP contribution in [-0.2, 0) is 11.3 Å². The number of ether oxygens (including phenoxy) is 1. The zero-order valence-electron chi connectivity index (χ0n) is 10.8. The molecule has 0 saturated heterocycles. The highest BCUT2D eigenvalue weighted by molar-refractivity contribution is 5.71. The first-order valence-electron chi connectivity index (χ1n) is 6.38. The molecule has 0 saturated carbocycles. The molecule has 96 valence electrons. The SMILES string of the molecule is CC(C)NC[C@H]1COCc2nc3cccnc3n21. The lowest BCUT2D eigenvalue weighted by molar-refractivity contribution is 0.0557. The minimum absolute atomic E-state index is 0.274. The lowest BCUT2D eigenvalue weighted by Crippen LogP contribution is -2.35. The molecule has 1 aliphatic rings. The molecule has 0 bridgehead atoms. The third-order valence-corrected chi connectivity index (χ3v) is 3.19. The number of nitrogens with one attached hydrogen (secondary N) is 1. The summed E-state index contributed by atoms with van der Waals surface area (Å²) in [6, 6.07) is 4.67. The van der Waals surface area contributed by atoms with E-state index in [1.165, 1.54) is 0 Å². The van der Waals surface area contributed by atoms with Gasteiger partial charge in [-0.2, -0.15) is 0 Å². The number of aromatic nitrogens is 3. The molecule has 5 nitrogen and oxygen atoms in total. The maximum atomic E-state index is 5.62. The molecule has 1 N–H and O–H groups in total. The van der Waals surface area contributed by atoms with Crippen molar-refractivity contribution in [3.8, 4) is 0 Å². The van der Waals surface area contributed by atoms with Gasteiger partial charge in [0.05, 0.1) is 12.6 Å². The van der Waals surface area contributed by atoms with Crippen LogP contribution in [0.15, 0.2) is 18.3 Å². The predicted octanol–water partition coefficient (Wildman–Crippen LogP) is 1.50. The number of nitrogens with zero attached hydrogens (tertiary/aromatic N) is 3. The van der Waals surface area contributed by atoms with Gasteiger partial charge in [0.1, 0.15) is 17.9 Å². The van der Waals surface area contributed by atoms with Gasteiger partial charge in [0.2, 0.25) is 0 Å². The number of hydrogen-bond donors (Lipinski definition) is 1. The Kier molecular flexibility index (Phi) is 3.01. The van der Waals surface area contributed by atoms with E-state index in [-0.39, 0.29) is 6.04 Å². The lowest BCUT2D eigenvalue weighted by atomic mass is 10.2. The Hall–Kier alpha value is -1.46. The van der Waals surface area contributed by atoms with Crippen LogP contribution in [0, 0.1) is 0 Å². The highest BCUT2D eigenvalue weighted by Gasteiger charge is 2.24. The van der Waals surface area contributed by atoms with Gasteiger partial charge in [-0.25, -0.2) is 9.97 Å². The fourth-order valence-corrected chi connectivity index (χ4v) is 2.34. The highest BCUT2D eigenvalue weighted by atomic mass is 16.5. The van der Waals surface area contributed by atoms with Gasteiger partial charge in [-0.15, -0.1) is 0 Å². The molecule has 1 aliphatic heterocycles. The summed E-state index contributed by atoms with van der Waals surface area (Å²) >= 11 is 0. The summed E-state index contributed by atoms with van der Waals surface area (Å²) in [6.45, 7) is 6.47. The molecule has 0 fully saturated rings. The van der Waals surface area contributed by atoms with Gasteiger partial charge in [0, 0.05) is 18.8 Å². The minimum Gasteiger partial charge on any atom is -0.371 e. The lowest BCUT2D eigenvalue weighted by Gasteiger charge is -2.26. The van der Waals surface area contributed by atoms with Gasteiger partial charge >= 0.3 is 0 Å². The molecule has 1 atom stereocenters. The minimum atomic E-state index is 0.274. The summed E-state index contributed by atoms with van der Waals surface area (Å²) in [5.74, 6) is 0.977. The molecule has 18 heavy (non-hydrogen) atoms. The number of pyridine rings is 1. The third-order valence-electron chi connectivity index (χ3n) is 3.19. The van der Waals surface area contributed by atoms with Crippen molar-refractivity contribution in [2.45, 2.75) is 32.5 Å². The monoisotopic (exact) mass is 246 g/mol. The van der Waals surface area contributed by atoms with Crippen LogP contribution < -0.4 is 5.32 Å². The number of fused-ring (bicyclic) bond motifs is 3. The molecule has 0 aromatic carbocycles. The Morgan fingerprint density at radius 2 is 2.44 bits per heavy atom. The second-order valence-electron chi connectivity index (χ2n) is 4.98. The molecular weight excluding hydrogens is 228 g/mol. The molecule has 2 aromatic rings. The van der Waals surface area contributed by atoms with Crippen molar-refractivity contribution in [1.29, 1.82) is 0 Å². The largest absolute Gasteiger partial charge is 0.371 e.